The predicted octanol–water partition coefficient (Wildman–Crippen LogP) is 3.43. The van der Waals surface area contributed by atoms with E-state index in [1.54, 1.807) is 6.92 Å². The van der Waals surface area contributed by atoms with Crippen molar-refractivity contribution in [2.45, 2.75) is 47.1 Å². The van der Waals surface area contributed by atoms with Gasteiger partial charge in [-0.3, -0.25) is 4.79 Å². The van der Waals surface area contributed by atoms with Gasteiger partial charge in [0.15, 0.2) is 0 Å². The minimum absolute atomic E-state index is 0.0683. The smallest absolute Gasteiger partial charge is 0.248 e. The monoisotopic (exact) mass is 382 g/mol. The van der Waals surface area contributed by atoms with Crippen molar-refractivity contribution in [2.75, 3.05) is 0 Å². The first-order valence-electron chi connectivity index (χ1n) is 9.17. The first-order valence-corrected chi connectivity index (χ1v) is 9.17. The number of imidazole rings is 1. The van der Waals surface area contributed by atoms with Gasteiger partial charge >= 0.3 is 0 Å². The van der Waals surface area contributed by atoms with Crippen LogP contribution in [0.3, 0.4) is 0 Å². The van der Waals surface area contributed by atoms with Crippen LogP contribution in [0.2, 0.25) is 0 Å². The SMILES string of the molecule is C=C(/C=C(N)\C(C=N)=C(/C)c1nc(/C(=C/C(C)=N)CCC)cn1CC)C(N)=O. The number of hydrogen-bond donors (Lipinski definition) is 4. The van der Waals surface area contributed by atoms with Crippen molar-refractivity contribution >= 4 is 29.0 Å². The van der Waals surface area contributed by atoms with Crippen LogP contribution in [0, 0.1) is 10.8 Å². The number of nitrogens with one attached hydrogen (secondary N) is 2. The second-order valence-corrected chi connectivity index (χ2v) is 6.51. The van der Waals surface area contributed by atoms with Crippen LogP contribution in [0.5, 0.6) is 0 Å². The van der Waals surface area contributed by atoms with E-state index in [-0.39, 0.29) is 11.3 Å². The minimum Gasteiger partial charge on any atom is -0.398 e. The minimum atomic E-state index is -0.668. The summed E-state index contributed by atoms with van der Waals surface area (Å²) < 4.78 is 1.98. The zero-order chi connectivity index (χ0) is 21.4. The zero-order valence-corrected chi connectivity index (χ0v) is 17.1. The molecule has 0 radical (unpaired) electrons. The third kappa shape index (κ3) is 5.64. The summed E-state index contributed by atoms with van der Waals surface area (Å²) in [7, 11) is 0. The van der Waals surface area contributed by atoms with Gasteiger partial charge in [-0.1, -0.05) is 19.9 Å². The molecule has 1 rings (SSSR count). The van der Waals surface area contributed by atoms with E-state index in [1.165, 1.54) is 6.08 Å². The molecule has 7 heteroatoms. The molecule has 1 amide bonds. The fourth-order valence-electron chi connectivity index (χ4n) is 2.78. The summed E-state index contributed by atoms with van der Waals surface area (Å²) in [5.41, 5.74) is 15.0. The Balaban J connectivity index is 3.56. The molecule has 28 heavy (non-hydrogen) atoms. The second kappa shape index (κ2) is 10.2. The van der Waals surface area contributed by atoms with Gasteiger partial charge in [-0.15, -0.1) is 0 Å². The molecule has 0 aliphatic rings. The maximum atomic E-state index is 11.2. The Kier molecular flexibility index (Phi) is 8.31. The van der Waals surface area contributed by atoms with E-state index < -0.39 is 5.91 Å². The van der Waals surface area contributed by atoms with Gasteiger partial charge in [-0.05, 0) is 44.9 Å². The molecule has 0 saturated heterocycles. The molecule has 0 aliphatic heterocycles. The zero-order valence-electron chi connectivity index (χ0n) is 17.1. The third-order valence-corrected chi connectivity index (χ3v) is 4.20. The Labute approximate surface area is 166 Å². The normalized spacial score (nSPS) is 13.1. The van der Waals surface area contributed by atoms with E-state index in [2.05, 4.69) is 13.5 Å². The summed E-state index contributed by atoms with van der Waals surface area (Å²) in [5.74, 6) is 0.0142. The molecule has 0 bridgehead atoms. The van der Waals surface area contributed by atoms with E-state index in [9.17, 15) is 4.79 Å². The molecule has 0 atom stereocenters. The van der Waals surface area contributed by atoms with Crippen LogP contribution < -0.4 is 11.5 Å². The van der Waals surface area contributed by atoms with Crippen LogP contribution in [-0.2, 0) is 11.3 Å². The molecule has 0 fully saturated rings. The lowest BCUT2D eigenvalue weighted by molar-refractivity contribution is -0.114. The first kappa shape index (κ1) is 22.8. The van der Waals surface area contributed by atoms with Crippen molar-refractivity contribution in [3.63, 3.8) is 0 Å². The number of amides is 1. The summed E-state index contributed by atoms with van der Waals surface area (Å²) in [6, 6.07) is 0. The number of nitrogens with two attached hydrogens (primary N) is 2. The van der Waals surface area contributed by atoms with Crippen molar-refractivity contribution in [3.8, 4) is 0 Å². The third-order valence-electron chi connectivity index (χ3n) is 4.20. The number of aryl methyl sites for hydroxylation is 1. The highest BCUT2D eigenvalue weighted by atomic mass is 16.1. The second-order valence-electron chi connectivity index (χ2n) is 6.51. The molecule has 150 valence electrons. The molecule has 0 saturated carbocycles. The van der Waals surface area contributed by atoms with Crippen LogP contribution in [-0.4, -0.2) is 27.4 Å². The van der Waals surface area contributed by atoms with Crippen molar-refractivity contribution < 1.29 is 4.79 Å². The standard InChI is InChI=1S/C21H30N6O/c1-6-8-16(10-14(4)23)19-12-27(7-2)21(26-19)15(5)17(11-22)18(24)9-13(3)20(25)28/h9-12,22-23H,3,6-8,24H2,1-2,4-5H3,(H2,25,28)/b16-10+,17-15+,18-9+,22-11?,23-14?. The van der Waals surface area contributed by atoms with Gasteiger partial charge < -0.3 is 26.9 Å². The lowest BCUT2D eigenvalue weighted by Crippen LogP contribution is -2.14. The van der Waals surface area contributed by atoms with Gasteiger partial charge in [0.2, 0.25) is 5.91 Å². The molecule has 0 aliphatic carbocycles. The maximum absolute atomic E-state index is 11.2. The fraction of sp³-hybridized carbons (Fsp3) is 0.333. The molecular formula is C21H30N6O. The van der Waals surface area contributed by atoms with Crippen LogP contribution in [0.1, 0.15) is 52.1 Å². The molecule has 0 spiro atoms. The summed E-state index contributed by atoms with van der Waals surface area (Å²) in [5, 5.41) is 15.5. The van der Waals surface area contributed by atoms with Gasteiger partial charge in [-0.25, -0.2) is 4.98 Å². The van der Waals surface area contributed by atoms with E-state index in [1.807, 2.05) is 30.7 Å². The number of nitrogens with zero attached hydrogens (tertiary/aromatic N) is 2. The van der Waals surface area contributed by atoms with Crippen molar-refractivity contribution in [2.24, 2.45) is 11.5 Å². The average Bonchev–Trinajstić information content (AvgIpc) is 3.05. The van der Waals surface area contributed by atoms with Crippen LogP contribution in [0.25, 0.3) is 11.1 Å². The van der Waals surface area contributed by atoms with Crippen LogP contribution in [0.15, 0.2) is 41.8 Å². The van der Waals surface area contributed by atoms with Gasteiger partial charge in [0.25, 0.3) is 0 Å². The van der Waals surface area contributed by atoms with Gasteiger partial charge in [0.1, 0.15) is 5.82 Å². The summed E-state index contributed by atoms with van der Waals surface area (Å²) in [6.07, 6.45) is 8.04. The summed E-state index contributed by atoms with van der Waals surface area (Å²) >= 11 is 0. The predicted molar refractivity (Wildman–Crippen MR) is 116 cm³/mol. The lowest BCUT2D eigenvalue weighted by atomic mass is 10.0. The van der Waals surface area contributed by atoms with Gasteiger partial charge in [-0.2, -0.15) is 0 Å². The highest BCUT2D eigenvalue weighted by Gasteiger charge is 2.16. The molecule has 7 nitrogen and oxygen atoms in total. The Morgan fingerprint density at radius 1 is 1.29 bits per heavy atom. The van der Waals surface area contributed by atoms with Crippen LogP contribution in [0.4, 0.5) is 0 Å². The van der Waals surface area contributed by atoms with Crippen LogP contribution >= 0.6 is 0 Å². The lowest BCUT2D eigenvalue weighted by Gasteiger charge is -2.10. The number of hydrogen-bond acceptors (Lipinski definition) is 5. The number of rotatable bonds is 10. The van der Waals surface area contributed by atoms with E-state index in [0.717, 1.165) is 30.3 Å². The van der Waals surface area contributed by atoms with Crippen molar-refractivity contribution in [3.05, 3.63) is 53.3 Å². The number of carbonyl (C=O) groups is 1. The Morgan fingerprint density at radius 2 is 1.93 bits per heavy atom. The Hall–Kier alpha value is -3.22. The largest absolute Gasteiger partial charge is 0.398 e. The molecule has 6 N–H and O–H groups in total. The number of carbonyl (C=O) groups excluding carboxylic acids is 1. The Bertz CT molecular complexity index is 883. The van der Waals surface area contributed by atoms with Gasteiger partial charge in [0.05, 0.1) is 5.69 Å². The maximum Gasteiger partial charge on any atom is 0.248 e. The highest BCUT2D eigenvalue weighted by molar-refractivity contribution is 5.98. The quantitative estimate of drug-likeness (QED) is 0.280. The molecular weight excluding hydrogens is 352 g/mol. The fourth-order valence-corrected chi connectivity index (χ4v) is 2.78. The summed E-state index contributed by atoms with van der Waals surface area (Å²) in [6.45, 7) is 11.9. The highest BCUT2D eigenvalue weighted by Crippen LogP contribution is 2.25. The number of primary amides is 1. The van der Waals surface area contributed by atoms with E-state index >= 15 is 0 Å². The molecule has 0 aromatic carbocycles. The average molecular weight is 383 g/mol. The van der Waals surface area contributed by atoms with E-state index in [4.69, 9.17) is 27.3 Å². The molecule has 1 aromatic rings. The molecule has 1 heterocycles. The Morgan fingerprint density at radius 3 is 2.39 bits per heavy atom. The summed E-state index contributed by atoms with van der Waals surface area (Å²) in [4.78, 5) is 16.0. The number of allylic oxidation sites excluding steroid dienone is 4. The number of aromatic nitrogens is 2. The first-order chi connectivity index (χ1) is 13.2. The van der Waals surface area contributed by atoms with E-state index in [0.29, 0.717) is 29.2 Å². The topological polar surface area (TPSA) is 135 Å². The van der Waals surface area contributed by atoms with Crippen molar-refractivity contribution in [1.29, 1.82) is 10.8 Å². The molecule has 0 unspecified atom stereocenters. The van der Waals surface area contributed by atoms with Gasteiger partial charge in [0, 0.05) is 47.1 Å². The molecule has 1 aromatic heterocycles. The van der Waals surface area contributed by atoms with Crippen molar-refractivity contribution in [1.82, 2.24) is 9.55 Å².